The Morgan fingerprint density at radius 3 is 2.34 bits per heavy atom. The molecular weight excluding hydrogens is 482 g/mol. The summed E-state index contributed by atoms with van der Waals surface area (Å²) in [6.45, 7) is 6.07. The van der Waals surface area contributed by atoms with Crippen LogP contribution in [0.4, 0.5) is 4.39 Å². The van der Waals surface area contributed by atoms with Crippen molar-refractivity contribution in [2.24, 2.45) is 4.99 Å². The highest BCUT2D eigenvalue weighted by Gasteiger charge is 2.20. The van der Waals surface area contributed by atoms with E-state index in [2.05, 4.69) is 46.9 Å². The number of benzene rings is 2. The van der Waals surface area contributed by atoms with Crippen LogP contribution in [0.3, 0.4) is 0 Å². The molecule has 0 aromatic heterocycles. The third-order valence-corrected chi connectivity index (χ3v) is 4.47. The Bertz CT molecular complexity index is 796. The maximum atomic E-state index is 13.2. The molecule has 0 spiro atoms. The smallest absolute Gasteiger partial charge is 0.224 e. The summed E-state index contributed by atoms with van der Waals surface area (Å²) in [5.41, 5.74) is 1.87. The summed E-state index contributed by atoms with van der Waals surface area (Å²) in [5.74, 6) is 0.212. The zero-order chi connectivity index (χ0) is 20.4. The van der Waals surface area contributed by atoms with Crippen LogP contribution in [0, 0.1) is 5.82 Å². The predicted octanol–water partition coefficient (Wildman–Crippen LogP) is 3.25. The minimum absolute atomic E-state index is 0. The van der Waals surface area contributed by atoms with E-state index in [0.717, 1.165) is 6.54 Å². The van der Waals surface area contributed by atoms with E-state index in [-0.39, 0.29) is 47.5 Å². The first-order chi connectivity index (χ1) is 13.4. The van der Waals surface area contributed by atoms with E-state index >= 15 is 0 Å². The van der Waals surface area contributed by atoms with Gasteiger partial charge in [0, 0.05) is 32.1 Å². The van der Waals surface area contributed by atoms with Crippen molar-refractivity contribution < 1.29 is 9.18 Å². The number of halogens is 2. The van der Waals surface area contributed by atoms with E-state index in [4.69, 9.17) is 0 Å². The van der Waals surface area contributed by atoms with Gasteiger partial charge in [0.15, 0.2) is 5.96 Å². The molecule has 0 aliphatic rings. The molecule has 5 nitrogen and oxygen atoms in total. The van der Waals surface area contributed by atoms with E-state index in [0.29, 0.717) is 24.6 Å². The summed E-state index contributed by atoms with van der Waals surface area (Å²) >= 11 is 0. The highest BCUT2D eigenvalue weighted by molar-refractivity contribution is 14.0. The average molecular weight is 512 g/mol. The molecule has 0 aliphatic carbocycles. The number of carbonyl (C=O) groups excluding carboxylic acids is 1. The summed E-state index contributed by atoms with van der Waals surface area (Å²) in [7, 11) is 1.72. The van der Waals surface area contributed by atoms with E-state index in [1.165, 1.54) is 17.7 Å². The van der Waals surface area contributed by atoms with Crippen molar-refractivity contribution in [3.8, 4) is 0 Å². The number of hydrogen-bond donors (Lipinski definition) is 3. The Hall–Kier alpha value is -2.16. The summed E-state index contributed by atoms with van der Waals surface area (Å²) in [6, 6.07) is 16.4. The maximum absolute atomic E-state index is 13.2. The van der Waals surface area contributed by atoms with Crippen molar-refractivity contribution in [2.45, 2.75) is 25.7 Å². The monoisotopic (exact) mass is 512 g/mol. The minimum atomic E-state index is -0.333. The molecule has 3 N–H and O–H groups in total. The first kappa shape index (κ1) is 24.9. The van der Waals surface area contributed by atoms with Crippen LogP contribution in [-0.2, 0) is 16.6 Å². The van der Waals surface area contributed by atoms with Crippen molar-refractivity contribution >= 4 is 35.8 Å². The van der Waals surface area contributed by atoms with Gasteiger partial charge < -0.3 is 16.0 Å². The fourth-order valence-electron chi connectivity index (χ4n) is 2.79. The summed E-state index contributed by atoms with van der Waals surface area (Å²) in [5, 5.41) is 9.33. The lowest BCUT2D eigenvalue weighted by Crippen LogP contribution is -2.45. The fraction of sp³-hybridized carbons (Fsp3) is 0.364. The largest absolute Gasteiger partial charge is 0.356 e. The molecule has 1 amide bonds. The lowest BCUT2D eigenvalue weighted by molar-refractivity contribution is -0.120. The van der Waals surface area contributed by atoms with Crippen molar-refractivity contribution in [3.05, 3.63) is 71.5 Å². The van der Waals surface area contributed by atoms with Gasteiger partial charge in [-0.05, 0) is 23.3 Å². The second-order valence-electron chi connectivity index (χ2n) is 7.26. The van der Waals surface area contributed by atoms with Crippen molar-refractivity contribution in [1.82, 2.24) is 16.0 Å². The Balaban J connectivity index is 0.00000420. The first-order valence-electron chi connectivity index (χ1n) is 9.42. The quantitative estimate of drug-likeness (QED) is 0.220. The van der Waals surface area contributed by atoms with Crippen LogP contribution in [0.2, 0.25) is 0 Å². The van der Waals surface area contributed by atoms with Gasteiger partial charge in [0.1, 0.15) is 5.82 Å². The van der Waals surface area contributed by atoms with E-state index in [1.54, 1.807) is 19.2 Å². The Labute approximate surface area is 189 Å². The molecule has 7 heteroatoms. The second kappa shape index (κ2) is 12.4. The number of nitrogens with one attached hydrogen (secondary N) is 3. The third kappa shape index (κ3) is 8.81. The van der Waals surface area contributed by atoms with Gasteiger partial charge in [-0.25, -0.2) is 4.39 Å². The summed E-state index contributed by atoms with van der Waals surface area (Å²) < 4.78 is 13.2. The summed E-state index contributed by atoms with van der Waals surface area (Å²) in [6.07, 6.45) is 0.163. The Morgan fingerprint density at radius 2 is 1.69 bits per heavy atom. The van der Waals surface area contributed by atoms with Crippen LogP contribution in [0.1, 0.15) is 25.0 Å². The molecule has 0 aliphatic heterocycles. The predicted molar refractivity (Wildman–Crippen MR) is 127 cm³/mol. The SMILES string of the molecule is CN=C(NCCNC(=O)Cc1cccc(F)c1)NCC(C)(C)c1ccccc1.I. The Kier molecular flexibility index (Phi) is 10.6. The molecule has 2 aromatic carbocycles. The molecular formula is C22H30FIN4O. The van der Waals surface area contributed by atoms with Crippen LogP contribution >= 0.6 is 24.0 Å². The number of nitrogens with zero attached hydrogens (tertiary/aromatic N) is 1. The first-order valence-corrected chi connectivity index (χ1v) is 9.42. The normalized spacial score (nSPS) is 11.4. The fourth-order valence-corrected chi connectivity index (χ4v) is 2.79. The second-order valence-corrected chi connectivity index (χ2v) is 7.26. The lowest BCUT2D eigenvalue weighted by Gasteiger charge is -2.26. The van der Waals surface area contributed by atoms with Crippen molar-refractivity contribution in [3.63, 3.8) is 0 Å². The van der Waals surface area contributed by atoms with Gasteiger partial charge in [0.25, 0.3) is 0 Å². The van der Waals surface area contributed by atoms with Crippen molar-refractivity contribution in [1.29, 1.82) is 0 Å². The zero-order valence-electron chi connectivity index (χ0n) is 17.2. The molecule has 0 fully saturated rings. The number of aliphatic imine (C=N–C) groups is 1. The van der Waals surface area contributed by atoms with E-state index < -0.39 is 0 Å². The number of guanidine groups is 1. The van der Waals surface area contributed by atoms with Crippen LogP contribution in [0.25, 0.3) is 0 Å². The standard InChI is InChI=1S/C22H29FN4O.HI/c1-22(2,18-9-5-4-6-10-18)16-27-21(24-3)26-13-12-25-20(28)15-17-8-7-11-19(23)14-17;/h4-11,14H,12-13,15-16H2,1-3H3,(H,25,28)(H2,24,26,27);1H. The molecule has 0 heterocycles. The maximum Gasteiger partial charge on any atom is 0.224 e. The van der Waals surface area contributed by atoms with Gasteiger partial charge in [0.05, 0.1) is 6.42 Å². The number of amides is 1. The third-order valence-electron chi connectivity index (χ3n) is 4.47. The summed E-state index contributed by atoms with van der Waals surface area (Å²) in [4.78, 5) is 16.2. The average Bonchev–Trinajstić information content (AvgIpc) is 2.68. The molecule has 29 heavy (non-hydrogen) atoms. The van der Waals surface area contributed by atoms with Gasteiger partial charge in [-0.15, -0.1) is 24.0 Å². The topological polar surface area (TPSA) is 65.5 Å². The molecule has 0 radical (unpaired) electrons. The van der Waals surface area contributed by atoms with Gasteiger partial charge in [-0.3, -0.25) is 9.79 Å². The van der Waals surface area contributed by atoms with Gasteiger partial charge in [0.2, 0.25) is 5.91 Å². The van der Waals surface area contributed by atoms with Crippen LogP contribution in [0.15, 0.2) is 59.6 Å². The van der Waals surface area contributed by atoms with Gasteiger partial charge >= 0.3 is 0 Å². The number of carbonyl (C=O) groups is 1. The zero-order valence-corrected chi connectivity index (χ0v) is 19.5. The van der Waals surface area contributed by atoms with Gasteiger partial charge in [-0.2, -0.15) is 0 Å². The molecule has 2 rings (SSSR count). The highest BCUT2D eigenvalue weighted by atomic mass is 127. The Morgan fingerprint density at radius 1 is 1.00 bits per heavy atom. The lowest BCUT2D eigenvalue weighted by atomic mass is 9.85. The molecule has 0 saturated carbocycles. The molecule has 0 saturated heterocycles. The van der Waals surface area contributed by atoms with E-state index in [1.807, 2.05) is 18.2 Å². The van der Waals surface area contributed by atoms with Crippen LogP contribution < -0.4 is 16.0 Å². The molecule has 0 unspecified atom stereocenters. The number of rotatable bonds is 8. The van der Waals surface area contributed by atoms with Crippen LogP contribution in [0.5, 0.6) is 0 Å². The van der Waals surface area contributed by atoms with E-state index in [9.17, 15) is 9.18 Å². The molecule has 0 atom stereocenters. The highest BCUT2D eigenvalue weighted by Crippen LogP contribution is 2.21. The van der Waals surface area contributed by atoms with Gasteiger partial charge in [-0.1, -0.05) is 56.3 Å². The molecule has 0 bridgehead atoms. The minimum Gasteiger partial charge on any atom is -0.356 e. The molecule has 158 valence electrons. The molecule has 2 aromatic rings. The van der Waals surface area contributed by atoms with Crippen LogP contribution in [-0.4, -0.2) is 38.5 Å². The number of hydrogen-bond acceptors (Lipinski definition) is 2. The van der Waals surface area contributed by atoms with Crippen molar-refractivity contribution in [2.75, 3.05) is 26.7 Å².